The van der Waals surface area contributed by atoms with Crippen LogP contribution in [0.15, 0.2) is 17.8 Å². The number of amides is 1. The lowest BCUT2D eigenvalue weighted by Gasteiger charge is -2.30. The fourth-order valence-electron chi connectivity index (χ4n) is 4.07. The Balaban J connectivity index is 1.65. The Morgan fingerprint density at radius 2 is 1.97 bits per heavy atom. The molecule has 1 aromatic rings. The molecule has 2 unspecified atom stereocenters. The van der Waals surface area contributed by atoms with Gasteiger partial charge in [0.25, 0.3) is 0 Å². The van der Waals surface area contributed by atoms with E-state index in [1.54, 1.807) is 31.1 Å². The minimum atomic E-state index is -0.636. The maximum absolute atomic E-state index is 12.4. The molecule has 194 valence electrons. The maximum atomic E-state index is 12.4. The molecule has 0 bridgehead atoms. The van der Waals surface area contributed by atoms with Crippen LogP contribution in [0.4, 0.5) is 4.79 Å². The maximum Gasteiger partial charge on any atom is 0.409 e. The lowest BCUT2D eigenvalue weighted by molar-refractivity contribution is -0.160. The molecule has 35 heavy (non-hydrogen) atoms. The fraction of sp³-hybridized carbons (Fsp3) is 0.625. The average Bonchev–Trinajstić information content (AvgIpc) is 2.81. The van der Waals surface area contributed by atoms with Crippen molar-refractivity contribution in [3.63, 3.8) is 0 Å². The molecule has 2 aliphatic rings. The second kappa shape index (κ2) is 12.1. The van der Waals surface area contributed by atoms with Gasteiger partial charge in [0.15, 0.2) is 6.10 Å². The van der Waals surface area contributed by atoms with Gasteiger partial charge in [-0.25, -0.2) is 20.4 Å². The molecule has 2 atom stereocenters. The number of hydrogen-bond donors (Lipinski definition) is 2. The van der Waals surface area contributed by atoms with Crippen molar-refractivity contribution in [1.29, 1.82) is 0 Å². The van der Waals surface area contributed by atoms with Crippen molar-refractivity contribution in [3.05, 3.63) is 29.2 Å². The Labute approximate surface area is 206 Å². The number of nitrogens with two attached hydrogens (primary N) is 2. The number of aryl methyl sites for hydroxylation is 1. The zero-order valence-corrected chi connectivity index (χ0v) is 21.0. The van der Waals surface area contributed by atoms with Crippen LogP contribution in [0.2, 0.25) is 0 Å². The van der Waals surface area contributed by atoms with E-state index in [0.29, 0.717) is 60.4 Å². The summed E-state index contributed by atoms with van der Waals surface area (Å²) >= 11 is 0. The van der Waals surface area contributed by atoms with Crippen LogP contribution >= 0.6 is 0 Å². The van der Waals surface area contributed by atoms with Crippen molar-refractivity contribution in [2.75, 3.05) is 41.0 Å². The van der Waals surface area contributed by atoms with Crippen molar-refractivity contribution in [1.82, 2.24) is 14.9 Å². The van der Waals surface area contributed by atoms with E-state index in [9.17, 15) is 9.59 Å². The molecule has 1 amide bonds. The highest BCUT2D eigenvalue weighted by Crippen LogP contribution is 2.27. The van der Waals surface area contributed by atoms with Gasteiger partial charge in [-0.05, 0) is 37.8 Å². The molecular weight excluding hydrogens is 454 g/mol. The third kappa shape index (κ3) is 6.98. The Kier molecular flexibility index (Phi) is 9.16. The van der Waals surface area contributed by atoms with Gasteiger partial charge in [-0.1, -0.05) is 6.42 Å². The van der Waals surface area contributed by atoms with Gasteiger partial charge in [0.05, 0.1) is 36.5 Å². The largest absolute Gasteiger partial charge is 0.488 e. The summed E-state index contributed by atoms with van der Waals surface area (Å²) in [5.74, 6) is 6.70. The minimum Gasteiger partial charge on any atom is -0.488 e. The first-order valence-corrected chi connectivity index (χ1v) is 11.9. The molecule has 1 aromatic heterocycles. The van der Waals surface area contributed by atoms with Gasteiger partial charge in [-0.2, -0.15) is 0 Å². The standard InChI is InChI=1S/C24H37N5O6/c1-15-20(35-17-10-11-33-21(12-17)23(30)32-4)9-8-18(27-15)22(25)19(29(3)26)14-34-24(31)28(2)13-16-6-5-7-16/h8-9,16-17,21H,5-7,10-14,25-26H2,1-4H3/b22-19-. The second-order valence-corrected chi connectivity index (χ2v) is 9.13. The molecule has 3 rings (SSSR count). The van der Waals surface area contributed by atoms with Crippen LogP contribution < -0.4 is 16.3 Å². The topological polar surface area (TPSA) is 142 Å². The number of pyridine rings is 1. The lowest BCUT2D eigenvalue weighted by atomic mass is 9.85. The monoisotopic (exact) mass is 491 g/mol. The molecule has 0 spiro atoms. The van der Waals surface area contributed by atoms with E-state index in [-0.39, 0.29) is 12.7 Å². The summed E-state index contributed by atoms with van der Waals surface area (Å²) in [7, 11) is 4.69. The number of ether oxygens (including phenoxy) is 4. The van der Waals surface area contributed by atoms with Gasteiger partial charge in [0.2, 0.25) is 0 Å². The van der Waals surface area contributed by atoms with E-state index in [2.05, 4.69) is 4.98 Å². The summed E-state index contributed by atoms with van der Waals surface area (Å²) in [5, 5.41) is 1.32. The summed E-state index contributed by atoms with van der Waals surface area (Å²) in [4.78, 5) is 30.3. The number of carbonyl (C=O) groups excluding carboxylic acids is 2. The Bertz CT molecular complexity index is 933. The molecule has 1 aliphatic carbocycles. The molecule has 1 saturated heterocycles. The number of nitrogens with zero attached hydrogens (tertiary/aromatic N) is 3. The number of hydrogen-bond acceptors (Lipinski definition) is 10. The number of rotatable bonds is 9. The Morgan fingerprint density at radius 3 is 2.57 bits per heavy atom. The first-order valence-electron chi connectivity index (χ1n) is 11.9. The molecule has 1 aliphatic heterocycles. The van der Waals surface area contributed by atoms with Crippen molar-refractivity contribution >= 4 is 17.8 Å². The van der Waals surface area contributed by atoms with E-state index in [1.165, 1.54) is 18.5 Å². The predicted octanol–water partition coefficient (Wildman–Crippen LogP) is 1.79. The SMILES string of the molecule is COC(=O)C1CC(Oc2ccc(/C(N)=C(\COC(=O)N(C)CC3CCC3)N(C)N)nc2C)CCO1. The number of carbonyl (C=O) groups is 2. The van der Waals surface area contributed by atoms with Gasteiger partial charge in [0.1, 0.15) is 18.5 Å². The number of likely N-dealkylation sites (N-methyl/N-ethyl adjacent to an activating group) is 1. The third-order valence-electron chi connectivity index (χ3n) is 6.44. The normalized spacial score (nSPS) is 20.8. The van der Waals surface area contributed by atoms with Crippen molar-refractivity contribution < 1.29 is 28.5 Å². The van der Waals surface area contributed by atoms with E-state index < -0.39 is 18.2 Å². The highest BCUT2D eigenvalue weighted by atomic mass is 16.6. The molecule has 11 heteroatoms. The second-order valence-electron chi connectivity index (χ2n) is 9.13. The zero-order valence-electron chi connectivity index (χ0n) is 21.0. The van der Waals surface area contributed by atoms with Gasteiger partial charge in [0, 0.05) is 33.5 Å². The zero-order chi connectivity index (χ0) is 25.5. The Hall–Kier alpha value is -3.05. The summed E-state index contributed by atoms with van der Waals surface area (Å²) in [6, 6.07) is 3.50. The van der Waals surface area contributed by atoms with Crippen molar-refractivity contribution in [2.45, 2.75) is 51.2 Å². The van der Waals surface area contributed by atoms with E-state index in [4.69, 9.17) is 30.5 Å². The predicted molar refractivity (Wildman–Crippen MR) is 129 cm³/mol. The molecule has 2 heterocycles. The molecule has 2 fully saturated rings. The number of methoxy groups -OCH3 is 1. The van der Waals surface area contributed by atoms with Crippen molar-refractivity contribution in [3.8, 4) is 5.75 Å². The van der Waals surface area contributed by atoms with Crippen LogP contribution in [0.5, 0.6) is 5.75 Å². The molecule has 0 radical (unpaired) electrons. The minimum absolute atomic E-state index is 0.0807. The summed E-state index contributed by atoms with van der Waals surface area (Å²) in [5.41, 5.74) is 8.21. The van der Waals surface area contributed by atoms with Crippen LogP contribution in [0.25, 0.3) is 5.70 Å². The van der Waals surface area contributed by atoms with Gasteiger partial charge in [-0.3, -0.25) is 0 Å². The van der Waals surface area contributed by atoms with Crippen molar-refractivity contribution in [2.24, 2.45) is 17.5 Å². The van der Waals surface area contributed by atoms with E-state index in [0.717, 1.165) is 12.8 Å². The summed E-state index contributed by atoms with van der Waals surface area (Å²) < 4.78 is 21.8. The van der Waals surface area contributed by atoms with Crippen LogP contribution in [0, 0.1) is 12.8 Å². The van der Waals surface area contributed by atoms with Crippen LogP contribution in [0.3, 0.4) is 0 Å². The number of hydrazine groups is 1. The number of aromatic nitrogens is 1. The smallest absolute Gasteiger partial charge is 0.409 e. The van der Waals surface area contributed by atoms with Crippen LogP contribution in [0.1, 0.15) is 43.5 Å². The van der Waals surface area contributed by atoms with Gasteiger partial charge >= 0.3 is 12.1 Å². The molecule has 1 saturated carbocycles. The quantitative estimate of drug-likeness (QED) is 0.298. The third-order valence-corrected chi connectivity index (χ3v) is 6.44. The Morgan fingerprint density at radius 1 is 1.23 bits per heavy atom. The first-order chi connectivity index (χ1) is 16.7. The highest BCUT2D eigenvalue weighted by Gasteiger charge is 2.30. The fourth-order valence-corrected chi connectivity index (χ4v) is 4.07. The van der Waals surface area contributed by atoms with Crippen LogP contribution in [-0.4, -0.2) is 80.1 Å². The molecule has 4 N–H and O–H groups in total. The van der Waals surface area contributed by atoms with Crippen LogP contribution in [-0.2, 0) is 19.0 Å². The number of esters is 1. The van der Waals surface area contributed by atoms with E-state index in [1.807, 2.05) is 6.92 Å². The molecular formula is C24H37N5O6. The van der Waals surface area contributed by atoms with E-state index >= 15 is 0 Å². The highest BCUT2D eigenvalue weighted by molar-refractivity contribution is 5.74. The van der Waals surface area contributed by atoms with Gasteiger partial charge < -0.3 is 34.6 Å². The summed E-state index contributed by atoms with van der Waals surface area (Å²) in [6.45, 7) is 2.82. The summed E-state index contributed by atoms with van der Waals surface area (Å²) in [6.07, 6.45) is 3.31. The first kappa shape index (κ1) is 26.6. The lowest BCUT2D eigenvalue weighted by Crippen LogP contribution is -2.38. The molecule has 0 aromatic carbocycles. The van der Waals surface area contributed by atoms with Gasteiger partial charge in [-0.15, -0.1) is 0 Å². The molecule has 11 nitrogen and oxygen atoms in total. The average molecular weight is 492 g/mol.